The molecule has 3 heterocycles. The second-order valence-electron chi connectivity index (χ2n) is 4.83. The highest BCUT2D eigenvalue weighted by Crippen LogP contribution is 2.17. The van der Waals surface area contributed by atoms with Crippen LogP contribution in [0.1, 0.15) is 18.5 Å². The van der Waals surface area contributed by atoms with Gasteiger partial charge in [0.05, 0.1) is 11.9 Å². The topological polar surface area (TPSA) is 56.0 Å². The molecule has 6 nitrogen and oxygen atoms in total. The number of aromatic nitrogens is 4. The van der Waals surface area contributed by atoms with Crippen molar-refractivity contribution >= 4 is 16.9 Å². The maximum atomic E-state index is 12.1. The monoisotopic (exact) mass is 247 g/mol. The van der Waals surface area contributed by atoms with Gasteiger partial charge in [-0.3, -0.25) is 14.2 Å². The molecular formula is C12H17N5O. The Labute approximate surface area is 105 Å². The summed E-state index contributed by atoms with van der Waals surface area (Å²) in [4.78, 5) is 14.0. The van der Waals surface area contributed by atoms with Gasteiger partial charge < -0.3 is 4.90 Å². The highest BCUT2D eigenvalue weighted by molar-refractivity contribution is 5.81. The molecule has 0 spiro atoms. The summed E-state index contributed by atoms with van der Waals surface area (Å²) in [6, 6.07) is 0. The predicted molar refractivity (Wildman–Crippen MR) is 67.1 cm³/mol. The lowest BCUT2D eigenvalue weighted by atomic mass is 10.4. The van der Waals surface area contributed by atoms with E-state index in [0.29, 0.717) is 6.54 Å². The van der Waals surface area contributed by atoms with Gasteiger partial charge in [-0.2, -0.15) is 10.2 Å². The third-order valence-corrected chi connectivity index (χ3v) is 3.56. The number of aryl methyl sites for hydroxylation is 2. The molecule has 0 radical (unpaired) electrons. The summed E-state index contributed by atoms with van der Waals surface area (Å²) in [5.41, 5.74) is 2.85. The summed E-state index contributed by atoms with van der Waals surface area (Å²) >= 11 is 0. The molecule has 1 amide bonds. The molecule has 96 valence electrons. The number of hydrogen-bond acceptors (Lipinski definition) is 3. The summed E-state index contributed by atoms with van der Waals surface area (Å²) in [5, 5.41) is 8.64. The number of likely N-dealkylation sites (tertiary alicyclic amines) is 1. The number of rotatable bonds is 2. The molecule has 1 aliphatic heterocycles. The van der Waals surface area contributed by atoms with Gasteiger partial charge in [0.15, 0.2) is 0 Å². The number of carbonyl (C=O) groups excluding carboxylic acids is 1. The van der Waals surface area contributed by atoms with Gasteiger partial charge in [-0.05, 0) is 19.8 Å². The van der Waals surface area contributed by atoms with Gasteiger partial charge >= 0.3 is 0 Å². The normalized spacial score (nSPS) is 15.8. The van der Waals surface area contributed by atoms with Crippen LogP contribution in [0.3, 0.4) is 0 Å². The molecule has 0 unspecified atom stereocenters. The summed E-state index contributed by atoms with van der Waals surface area (Å²) in [5.74, 6) is 0.153. The van der Waals surface area contributed by atoms with Crippen LogP contribution in [0, 0.1) is 6.92 Å². The first-order valence-electron chi connectivity index (χ1n) is 6.29. The minimum absolute atomic E-state index is 0.153. The van der Waals surface area contributed by atoms with Gasteiger partial charge in [-0.15, -0.1) is 0 Å². The van der Waals surface area contributed by atoms with Crippen LogP contribution >= 0.6 is 0 Å². The first kappa shape index (κ1) is 11.3. The molecule has 3 rings (SSSR count). The van der Waals surface area contributed by atoms with Crippen LogP contribution in [0.25, 0.3) is 11.0 Å². The molecule has 1 aliphatic rings. The van der Waals surface area contributed by atoms with Gasteiger partial charge in [0.2, 0.25) is 5.91 Å². The predicted octanol–water partition coefficient (Wildman–Crippen LogP) is 0.701. The summed E-state index contributed by atoms with van der Waals surface area (Å²) < 4.78 is 3.56. The molecule has 0 atom stereocenters. The van der Waals surface area contributed by atoms with Crippen molar-refractivity contribution in [2.45, 2.75) is 26.3 Å². The zero-order chi connectivity index (χ0) is 12.7. The molecule has 1 fully saturated rings. The number of fused-ring (bicyclic) bond motifs is 1. The molecule has 6 heteroatoms. The number of amides is 1. The van der Waals surface area contributed by atoms with Crippen LogP contribution in [-0.2, 0) is 18.4 Å². The van der Waals surface area contributed by atoms with Crippen molar-refractivity contribution < 1.29 is 4.79 Å². The minimum atomic E-state index is 0.153. The van der Waals surface area contributed by atoms with E-state index in [2.05, 4.69) is 10.2 Å². The highest BCUT2D eigenvalue weighted by atomic mass is 16.2. The van der Waals surface area contributed by atoms with Crippen LogP contribution in [0.2, 0.25) is 0 Å². The van der Waals surface area contributed by atoms with Crippen molar-refractivity contribution in [3.8, 4) is 0 Å². The molecule has 1 saturated heterocycles. The maximum absolute atomic E-state index is 12.1. The SMILES string of the molecule is Cc1nn(C)c2cnn(CC(=O)N3CCCC3)c12. The summed E-state index contributed by atoms with van der Waals surface area (Å²) in [7, 11) is 1.89. The van der Waals surface area contributed by atoms with E-state index in [0.717, 1.165) is 42.7 Å². The zero-order valence-corrected chi connectivity index (χ0v) is 10.8. The van der Waals surface area contributed by atoms with E-state index in [4.69, 9.17) is 0 Å². The van der Waals surface area contributed by atoms with Crippen molar-refractivity contribution in [2.24, 2.45) is 7.05 Å². The second kappa shape index (κ2) is 4.12. The standard InChI is InChI=1S/C12H17N5O/c1-9-12-10(15(2)14-9)7-13-17(12)8-11(18)16-5-3-4-6-16/h7H,3-6,8H2,1-2H3. The van der Waals surface area contributed by atoms with Crippen LogP contribution in [0.5, 0.6) is 0 Å². The lowest BCUT2D eigenvalue weighted by molar-refractivity contribution is -0.130. The zero-order valence-electron chi connectivity index (χ0n) is 10.8. The van der Waals surface area contributed by atoms with E-state index in [1.54, 1.807) is 15.6 Å². The molecule has 2 aromatic heterocycles. The minimum Gasteiger partial charge on any atom is -0.341 e. The lowest BCUT2D eigenvalue weighted by Gasteiger charge is -2.15. The van der Waals surface area contributed by atoms with Gasteiger partial charge in [-0.1, -0.05) is 0 Å². The van der Waals surface area contributed by atoms with Gasteiger partial charge in [0, 0.05) is 20.1 Å². The fourth-order valence-electron chi connectivity index (χ4n) is 2.63. The lowest BCUT2D eigenvalue weighted by Crippen LogP contribution is -2.31. The van der Waals surface area contributed by atoms with Crippen LogP contribution in [0.4, 0.5) is 0 Å². The van der Waals surface area contributed by atoms with Gasteiger partial charge in [0.25, 0.3) is 0 Å². The number of carbonyl (C=O) groups is 1. The van der Waals surface area contributed by atoms with Crippen molar-refractivity contribution in [3.05, 3.63) is 11.9 Å². The molecule has 0 aromatic carbocycles. The van der Waals surface area contributed by atoms with Gasteiger partial charge in [-0.25, -0.2) is 0 Å². The van der Waals surface area contributed by atoms with Gasteiger partial charge in [0.1, 0.15) is 17.6 Å². The Bertz CT molecular complexity index is 591. The van der Waals surface area contributed by atoms with Crippen molar-refractivity contribution in [1.82, 2.24) is 24.5 Å². The van der Waals surface area contributed by atoms with Crippen LogP contribution < -0.4 is 0 Å². The third-order valence-electron chi connectivity index (χ3n) is 3.56. The van der Waals surface area contributed by atoms with Crippen molar-refractivity contribution in [2.75, 3.05) is 13.1 Å². The maximum Gasteiger partial charge on any atom is 0.244 e. The molecule has 18 heavy (non-hydrogen) atoms. The number of nitrogens with zero attached hydrogens (tertiary/aromatic N) is 5. The third kappa shape index (κ3) is 1.68. The molecule has 0 aliphatic carbocycles. The fourth-order valence-corrected chi connectivity index (χ4v) is 2.63. The fraction of sp³-hybridized carbons (Fsp3) is 0.583. The Morgan fingerprint density at radius 1 is 1.39 bits per heavy atom. The van der Waals surface area contributed by atoms with E-state index in [-0.39, 0.29) is 5.91 Å². The van der Waals surface area contributed by atoms with Crippen molar-refractivity contribution in [3.63, 3.8) is 0 Å². The Balaban J connectivity index is 1.88. The molecule has 2 aromatic rings. The quantitative estimate of drug-likeness (QED) is 0.785. The Morgan fingerprint density at radius 2 is 2.11 bits per heavy atom. The van der Waals surface area contributed by atoms with E-state index in [1.165, 1.54) is 0 Å². The Morgan fingerprint density at radius 3 is 2.83 bits per heavy atom. The van der Waals surface area contributed by atoms with E-state index >= 15 is 0 Å². The Hall–Kier alpha value is -1.85. The number of hydrogen-bond donors (Lipinski definition) is 0. The first-order valence-corrected chi connectivity index (χ1v) is 6.29. The highest BCUT2D eigenvalue weighted by Gasteiger charge is 2.20. The second-order valence-corrected chi connectivity index (χ2v) is 4.83. The summed E-state index contributed by atoms with van der Waals surface area (Å²) in [6.45, 7) is 4.03. The van der Waals surface area contributed by atoms with E-state index in [9.17, 15) is 4.79 Å². The Kier molecular flexibility index (Phi) is 2.57. The first-order chi connectivity index (χ1) is 8.66. The molecular weight excluding hydrogens is 230 g/mol. The average molecular weight is 247 g/mol. The largest absolute Gasteiger partial charge is 0.341 e. The smallest absolute Gasteiger partial charge is 0.244 e. The molecule has 0 saturated carbocycles. The van der Waals surface area contributed by atoms with Crippen LogP contribution in [0.15, 0.2) is 6.20 Å². The van der Waals surface area contributed by atoms with Crippen molar-refractivity contribution in [1.29, 1.82) is 0 Å². The van der Waals surface area contributed by atoms with E-state index in [1.807, 2.05) is 18.9 Å². The molecule has 0 N–H and O–H groups in total. The molecule has 0 bridgehead atoms. The average Bonchev–Trinajstić information content (AvgIpc) is 3.01. The van der Waals surface area contributed by atoms with Crippen LogP contribution in [-0.4, -0.2) is 43.5 Å². The summed E-state index contributed by atoms with van der Waals surface area (Å²) in [6.07, 6.45) is 4.00. The van der Waals surface area contributed by atoms with E-state index < -0.39 is 0 Å².